The Hall–Kier alpha value is -2.87. The summed E-state index contributed by atoms with van der Waals surface area (Å²) in [5.41, 5.74) is 1.13. The first-order valence-electron chi connectivity index (χ1n) is 9.56. The fourth-order valence-electron chi connectivity index (χ4n) is 2.81. The van der Waals surface area contributed by atoms with E-state index in [0.717, 1.165) is 41.9 Å². The van der Waals surface area contributed by atoms with Gasteiger partial charge in [-0.3, -0.25) is 0 Å². The molecule has 29 heavy (non-hydrogen) atoms. The van der Waals surface area contributed by atoms with Gasteiger partial charge in [0.25, 0.3) is 0 Å². The van der Waals surface area contributed by atoms with Crippen LogP contribution in [0.5, 0.6) is 5.75 Å². The van der Waals surface area contributed by atoms with E-state index in [1.54, 1.807) is 18.4 Å². The number of methoxy groups -OCH3 is 1. The van der Waals surface area contributed by atoms with Crippen LogP contribution in [0.1, 0.15) is 22.1 Å². The molecule has 0 spiro atoms. The van der Waals surface area contributed by atoms with Gasteiger partial charge < -0.3 is 19.5 Å². The number of hydrogen-bond acceptors (Lipinski definition) is 5. The molecular weight excluding hydrogens is 384 g/mol. The molecule has 0 saturated carbocycles. The predicted molar refractivity (Wildman–Crippen MR) is 117 cm³/mol. The van der Waals surface area contributed by atoms with Crippen molar-refractivity contribution < 1.29 is 4.74 Å². The molecule has 2 heterocycles. The number of aromatic nitrogens is 3. The van der Waals surface area contributed by atoms with Gasteiger partial charge in [0.2, 0.25) is 0 Å². The number of aliphatic imine (C=N–C) groups is 1. The topological polar surface area (TPSA) is 67.6 Å². The van der Waals surface area contributed by atoms with Crippen LogP contribution in [0.4, 0.5) is 0 Å². The molecule has 3 rings (SSSR count). The van der Waals surface area contributed by atoms with Crippen molar-refractivity contribution >= 4 is 17.3 Å². The minimum Gasteiger partial charge on any atom is -0.497 e. The van der Waals surface area contributed by atoms with E-state index in [9.17, 15) is 0 Å². The monoisotopic (exact) mass is 412 g/mol. The summed E-state index contributed by atoms with van der Waals surface area (Å²) in [5.74, 6) is 3.47. The maximum atomic E-state index is 5.23. The van der Waals surface area contributed by atoms with E-state index < -0.39 is 0 Å². The van der Waals surface area contributed by atoms with Crippen molar-refractivity contribution in [1.29, 1.82) is 0 Å². The molecule has 1 N–H and O–H groups in total. The molecule has 0 saturated heterocycles. The van der Waals surface area contributed by atoms with Gasteiger partial charge in [0.1, 0.15) is 11.6 Å². The summed E-state index contributed by atoms with van der Waals surface area (Å²) in [6.07, 6.45) is 0.987. The van der Waals surface area contributed by atoms with E-state index in [2.05, 4.69) is 45.0 Å². The van der Waals surface area contributed by atoms with Crippen LogP contribution in [0, 0.1) is 6.92 Å². The summed E-state index contributed by atoms with van der Waals surface area (Å²) in [7, 11) is 5.71. The average Bonchev–Trinajstić information content (AvgIpc) is 3.37. The molecule has 0 aliphatic rings. The van der Waals surface area contributed by atoms with Crippen LogP contribution in [0.15, 0.2) is 46.8 Å². The SMILES string of the molecule is COc1ccc(CN=C(NCc2nnc(C)n2C)N(C)CCc2cccs2)cc1. The molecule has 2 aromatic heterocycles. The number of guanidine groups is 1. The zero-order chi connectivity index (χ0) is 20.6. The lowest BCUT2D eigenvalue weighted by Gasteiger charge is -2.22. The normalized spacial score (nSPS) is 11.5. The Morgan fingerprint density at radius 2 is 2.03 bits per heavy atom. The summed E-state index contributed by atoms with van der Waals surface area (Å²) < 4.78 is 7.22. The maximum Gasteiger partial charge on any atom is 0.194 e. The van der Waals surface area contributed by atoms with Gasteiger partial charge in [0, 0.05) is 25.5 Å². The van der Waals surface area contributed by atoms with Crippen molar-refractivity contribution in [2.24, 2.45) is 12.0 Å². The Kier molecular flexibility index (Phi) is 7.24. The smallest absolute Gasteiger partial charge is 0.194 e. The number of aryl methyl sites for hydroxylation is 1. The molecule has 0 atom stereocenters. The molecule has 0 aliphatic carbocycles. The van der Waals surface area contributed by atoms with Gasteiger partial charge in [-0.15, -0.1) is 21.5 Å². The first-order chi connectivity index (χ1) is 14.1. The van der Waals surface area contributed by atoms with Crippen molar-refractivity contribution in [3.05, 3.63) is 63.9 Å². The van der Waals surface area contributed by atoms with Crippen LogP contribution in [0.25, 0.3) is 0 Å². The summed E-state index contributed by atoms with van der Waals surface area (Å²) in [6, 6.07) is 12.3. The minimum absolute atomic E-state index is 0.572. The van der Waals surface area contributed by atoms with Crippen LogP contribution in [0.3, 0.4) is 0 Å². The number of likely N-dealkylation sites (N-methyl/N-ethyl adjacent to an activating group) is 1. The zero-order valence-corrected chi connectivity index (χ0v) is 18.2. The zero-order valence-electron chi connectivity index (χ0n) is 17.4. The second-order valence-corrected chi connectivity index (χ2v) is 7.85. The second kappa shape index (κ2) is 10.1. The summed E-state index contributed by atoms with van der Waals surface area (Å²) in [6.45, 7) is 3.99. The van der Waals surface area contributed by atoms with Crippen molar-refractivity contribution in [2.75, 3.05) is 20.7 Å². The Morgan fingerprint density at radius 1 is 1.24 bits per heavy atom. The number of hydrogen-bond donors (Lipinski definition) is 1. The molecular formula is C21H28N6OS. The minimum atomic E-state index is 0.572. The molecule has 0 bridgehead atoms. The summed E-state index contributed by atoms with van der Waals surface area (Å²) in [4.78, 5) is 8.37. The van der Waals surface area contributed by atoms with Crippen LogP contribution < -0.4 is 10.1 Å². The van der Waals surface area contributed by atoms with Crippen LogP contribution in [-0.2, 0) is 26.6 Å². The first kappa shape index (κ1) is 20.9. The molecule has 7 nitrogen and oxygen atoms in total. The first-order valence-corrected chi connectivity index (χ1v) is 10.4. The van der Waals surface area contributed by atoms with Crippen molar-refractivity contribution in [3.8, 4) is 5.75 Å². The quantitative estimate of drug-likeness (QED) is 0.455. The highest BCUT2D eigenvalue weighted by molar-refractivity contribution is 7.09. The molecule has 3 aromatic rings. The van der Waals surface area contributed by atoms with E-state index in [-0.39, 0.29) is 0 Å². The van der Waals surface area contributed by atoms with Crippen molar-refractivity contribution in [3.63, 3.8) is 0 Å². The number of nitrogens with zero attached hydrogens (tertiary/aromatic N) is 5. The molecule has 0 fully saturated rings. The van der Waals surface area contributed by atoms with E-state index >= 15 is 0 Å². The summed E-state index contributed by atoms with van der Waals surface area (Å²) >= 11 is 1.78. The predicted octanol–water partition coefficient (Wildman–Crippen LogP) is 3.01. The van der Waals surface area contributed by atoms with Gasteiger partial charge in [0.05, 0.1) is 20.2 Å². The van der Waals surface area contributed by atoms with Crippen LogP contribution in [-0.4, -0.2) is 46.3 Å². The molecule has 0 amide bonds. The molecule has 1 aromatic carbocycles. The van der Waals surface area contributed by atoms with Crippen LogP contribution >= 0.6 is 11.3 Å². The highest BCUT2D eigenvalue weighted by Crippen LogP contribution is 2.13. The average molecular weight is 413 g/mol. The van der Waals surface area contributed by atoms with E-state index in [1.165, 1.54) is 4.88 Å². The molecule has 154 valence electrons. The van der Waals surface area contributed by atoms with Gasteiger partial charge in [-0.25, -0.2) is 4.99 Å². The third-order valence-electron chi connectivity index (χ3n) is 4.79. The number of ether oxygens (including phenoxy) is 1. The van der Waals surface area contributed by atoms with Crippen molar-refractivity contribution in [2.45, 2.75) is 26.4 Å². The Labute approximate surface area is 176 Å². The van der Waals surface area contributed by atoms with E-state index in [1.807, 2.05) is 42.8 Å². The maximum absolute atomic E-state index is 5.23. The molecule has 0 radical (unpaired) electrons. The van der Waals surface area contributed by atoms with Gasteiger partial charge in [0.15, 0.2) is 11.8 Å². The Balaban J connectivity index is 1.68. The molecule has 0 unspecified atom stereocenters. The third kappa shape index (κ3) is 5.80. The lowest BCUT2D eigenvalue weighted by atomic mass is 10.2. The standard InChI is InChI=1S/C21H28N6OS/c1-16-24-25-20(27(16)3)15-23-21(26(2)12-11-19-6-5-13-29-19)22-14-17-7-9-18(28-4)10-8-17/h5-10,13H,11-12,14-15H2,1-4H3,(H,22,23). The van der Waals surface area contributed by atoms with Gasteiger partial charge in [-0.05, 0) is 42.5 Å². The third-order valence-corrected chi connectivity index (χ3v) is 5.73. The van der Waals surface area contributed by atoms with Gasteiger partial charge in [-0.1, -0.05) is 18.2 Å². The highest BCUT2D eigenvalue weighted by atomic mass is 32.1. The Morgan fingerprint density at radius 3 is 2.66 bits per heavy atom. The lowest BCUT2D eigenvalue weighted by molar-refractivity contribution is 0.414. The summed E-state index contributed by atoms with van der Waals surface area (Å²) in [5, 5.41) is 13.9. The second-order valence-electron chi connectivity index (χ2n) is 6.81. The number of thiophene rings is 1. The highest BCUT2D eigenvalue weighted by Gasteiger charge is 2.10. The number of rotatable bonds is 8. The van der Waals surface area contributed by atoms with Gasteiger partial charge >= 0.3 is 0 Å². The molecule has 0 aliphatic heterocycles. The number of nitrogens with one attached hydrogen (secondary N) is 1. The molecule has 8 heteroatoms. The fraction of sp³-hybridized carbons (Fsp3) is 0.381. The van der Waals surface area contributed by atoms with Crippen LogP contribution in [0.2, 0.25) is 0 Å². The van der Waals surface area contributed by atoms with E-state index in [4.69, 9.17) is 9.73 Å². The van der Waals surface area contributed by atoms with E-state index in [0.29, 0.717) is 13.1 Å². The largest absolute Gasteiger partial charge is 0.497 e. The fourth-order valence-corrected chi connectivity index (χ4v) is 3.51. The lowest BCUT2D eigenvalue weighted by Crippen LogP contribution is -2.40. The number of benzene rings is 1. The van der Waals surface area contributed by atoms with Gasteiger partial charge in [-0.2, -0.15) is 0 Å². The van der Waals surface area contributed by atoms with Crippen molar-refractivity contribution in [1.82, 2.24) is 25.0 Å². The Bertz CT molecular complexity index is 917.